The Morgan fingerprint density at radius 2 is 2.43 bits per heavy atom. The van der Waals surface area contributed by atoms with Crippen LogP contribution in [-0.4, -0.2) is 0 Å². The molecule has 0 aliphatic heterocycles. The minimum Gasteiger partial charge on any atom is -0.0625 e. The van der Waals surface area contributed by atoms with Gasteiger partial charge in [-0.3, -0.25) is 0 Å². The summed E-state index contributed by atoms with van der Waals surface area (Å²) in [6, 6.07) is 0. The third-order valence-corrected chi connectivity index (χ3v) is 1.41. The van der Waals surface area contributed by atoms with E-state index >= 15 is 0 Å². The lowest BCUT2D eigenvalue weighted by molar-refractivity contribution is 0.385. The molecule has 0 amide bonds. The maximum absolute atomic E-state index is 7.65. The fourth-order valence-corrected chi connectivity index (χ4v) is 0.905. The van der Waals surface area contributed by atoms with Crippen LogP contribution < -0.4 is 0 Å². The van der Waals surface area contributed by atoms with E-state index in [-0.39, 0.29) is 0 Å². The molecule has 0 radical (unpaired) electrons. The van der Waals surface area contributed by atoms with Gasteiger partial charge in [-0.2, -0.15) is 0 Å². The smallest absolute Gasteiger partial charge is 0.0300 e. The lowest BCUT2D eigenvalue weighted by atomic mass is 9.91. The zero-order chi connectivity index (χ0) is 7.83. The molecule has 0 spiro atoms. The Balaban J connectivity index is 2.70. The van der Waals surface area contributed by atoms with Crippen molar-refractivity contribution in [1.82, 2.24) is 0 Å². The highest BCUT2D eigenvalue weighted by molar-refractivity contribution is 4.59. The second-order valence-corrected chi connectivity index (χ2v) is 2.16. The van der Waals surface area contributed by atoms with Gasteiger partial charge in [0.25, 0.3) is 0 Å². The maximum atomic E-state index is 7.65. The second-order valence-electron chi connectivity index (χ2n) is 2.16. The molecule has 7 heavy (non-hydrogen) atoms. The van der Waals surface area contributed by atoms with Crippen molar-refractivity contribution in [3.8, 4) is 0 Å². The van der Waals surface area contributed by atoms with Crippen molar-refractivity contribution in [2.24, 2.45) is 5.89 Å². The van der Waals surface area contributed by atoms with Crippen molar-refractivity contribution in [2.45, 2.75) is 39.0 Å². The summed E-state index contributed by atoms with van der Waals surface area (Å²) >= 11 is 0. The number of hydrogen-bond donors (Lipinski definition) is 0. The zero-order valence-corrected chi connectivity index (χ0v) is 4.83. The van der Waals surface area contributed by atoms with Gasteiger partial charge >= 0.3 is 0 Å². The molecule has 1 rings (SSSR count). The summed E-state index contributed by atoms with van der Waals surface area (Å²) in [5.74, 6) is -0.842. The minimum absolute atomic E-state index is 0.562. The van der Waals surface area contributed by atoms with E-state index in [9.17, 15) is 0 Å². The van der Waals surface area contributed by atoms with Gasteiger partial charge in [-0.05, 0) is 5.89 Å². The molecule has 0 bridgehead atoms. The number of rotatable bonds is 0. The van der Waals surface area contributed by atoms with Crippen LogP contribution in [0.5, 0.6) is 0 Å². The van der Waals surface area contributed by atoms with Gasteiger partial charge in [0, 0.05) is 4.11 Å². The van der Waals surface area contributed by atoms with Gasteiger partial charge < -0.3 is 0 Å². The van der Waals surface area contributed by atoms with E-state index in [1.165, 1.54) is 0 Å². The summed E-state index contributed by atoms with van der Waals surface area (Å²) in [7, 11) is 0. The van der Waals surface area contributed by atoms with Gasteiger partial charge in [0.1, 0.15) is 0 Å². The van der Waals surface area contributed by atoms with E-state index in [0.717, 1.165) is 12.8 Å². The van der Waals surface area contributed by atoms with Crippen LogP contribution in [0.3, 0.4) is 0 Å². The Kier molecular flexibility index (Phi) is 0.844. The lowest BCUT2D eigenvalue weighted by Gasteiger charge is -2.15. The van der Waals surface area contributed by atoms with Crippen molar-refractivity contribution >= 4 is 0 Å². The molecule has 1 fully saturated rings. The van der Waals surface area contributed by atoms with Gasteiger partial charge in [-0.15, -0.1) is 0 Å². The fraction of sp³-hybridized carbons (Fsp3) is 1.00. The molecule has 0 nitrogen and oxygen atoms in total. The first-order chi connectivity index (χ1) is 4.46. The topological polar surface area (TPSA) is 0 Å². The van der Waals surface area contributed by atoms with Crippen molar-refractivity contribution in [3.05, 3.63) is 0 Å². The van der Waals surface area contributed by atoms with E-state index in [4.69, 9.17) is 4.11 Å². The second kappa shape index (κ2) is 2.34. The molecule has 0 N–H and O–H groups in total. The summed E-state index contributed by atoms with van der Waals surface area (Å²) in [4.78, 5) is 0. The van der Waals surface area contributed by atoms with Crippen molar-refractivity contribution in [3.63, 3.8) is 0 Å². The Labute approximate surface area is 50.1 Å². The molecule has 0 aromatic rings. The quantitative estimate of drug-likeness (QED) is 0.440. The predicted molar refractivity (Wildman–Crippen MR) is 32.2 cm³/mol. The van der Waals surface area contributed by atoms with E-state index in [1.807, 2.05) is 0 Å². The predicted octanol–water partition coefficient (Wildman–Crippen LogP) is 2.59. The Bertz CT molecular complexity index is 113. The zero-order valence-electron chi connectivity index (χ0n) is 7.83. The van der Waals surface area contributed by atoms with Crippen molar-refractivity contribution in [2.75, 3.05) is 0 Å². The van der Waals surface area contributed by atoms with Crippen LogP contribution in [-0.2, 0) is 0 Å². The summed E-state index contributed by atoms with van der Waals surface area (Å²) < 4.78 is 22.7. The van der Waals surface area contributed by atoms with Gasteiger partial charge in [-0.25, -0.2) is 0 Å². The molecule has 1 unspecified atom stereocenters. The van der Waals surface area contributed by atoms with Crippen molar-refractivity contribution in [1.29, 1.82) is 0 Å². The van der Waals surface area contributed by atoms with Crippen LogP contribution in [0.25, 0.3) is 0 Å². The van der Waals surface area contributed by atoms with Crippen LogP contribution in [0.1, 0.15) is 43.1 Å². The Hall–Kier alpha value is 0. The summed E-state index contributed by atoms with van der Waals surface area (Å²) in [5, 5.41) is 0. The molecule has 1 aliphatic carbocycles. The van der Waals surface area contributed by atoms with Crippen LogP contribution in [0, 0.1) is 5.89 Å². The van der Waals surface area contributed by atoms with Gasteiger partial charge in [0.05, 0.1) is 0 Å². The SMILES string of the molecule is [2H]C1([2H])CCCCC1([2H])C. The van der Waals surface area contributed by atoms with Gasteiger partial charge in [0.2, 0.25) is 0 Å². The van der Waals surface area contributed by atoms with E-state index < -0.39 is 12.3 Å². The maximum Gasteiger partial charge on any atom is 0.0300 e. The highest BCUT2D eigenvalue weighted by Gasteiger charge is 2.05. The molecule has 42 valence electrons. The third kappa shape index (κ3) is 1.50. The van der Waals surface area contributed by atoms with E-state index in [2.05, 4.69) is 0 Å². The van der Waals surface area contributed by atoms with Crippen LogP contribution >= 0.6 is 0 Å². The van der Waals surface area contributed by atoms with E-state index in [1.54, 1.807) is 6.92 Å². The summed E-state index contributed by atoms with van der Waals surface area (Å²) in [6.45, 7) is 1.70. The lowest BCUT2D eigenvalue weighted by Crippen LogP contribution is -1.99. The van der Waals surface area contributed by atoms with Crippen molar-refractivity contribution < 1.29 is 4.11 Å². The number of hydrogen-bond acceptors (Lipinski definition) is 0. The standard InChI is InChI=1S/C7H14/c1-7-5-3-2-4-6-7/h7H,2-6H2,1H3/i5D2,7D. The summed E-state index contributed by atoms with van der Waals surface area (Å²) in [5.41, 5.74) is 0. The van der Waals surface area contributed by atoms with Crippen LogP contribution in [0.2, 0.25) is 0 Å². The fourth-order valence-electron chi connectivity index (χ4n) is 0.905. The highest BCUT2D eigenvalue weighted by atomic mass is 14.1. The highest BCUT2D eigenvalue weighted by Crippen LogP contribution is 2.21. The third-order valence-electron chi connectivity index (χ3n) is 1.41. The first-order valence-electron chi connectivity index (χ1n) is 4.46. The molecule has 0 saturated heterocycles. The molecule has 0 aromatic heterocycles. The van der Waals surface area contributed by atoms with Crippen LogP contribution in [0.4, 0.5) is 0 Å². The molecule has 1 atom stereocenters. The minimum atomic E-state index is -1.26. The largest absolute Gasteiger partial charge is 0.0625 e. The normalized spacial score (nSPS) is 57.0. The molecule has 1 saturated carbocycles. The first-order valence-corrected chi connectivity index (χ1v) is 2.96. The Morgan fingerprint density at radius 3 is 2.86 bits per heavy atom. The summed E-state index contributed by atoms with van der Waals surface area (Å²) in [6.07, 6.45) is 1.97. The molecule has 0 heterocycles. The molecule has 0 aromatic carbocycles. The first kappa shape index (κ1) is 2.52. The molecule has 1 aliphatic rings. The molecule has 0 heteroatoms. The average Bonchev–Trinajstić information content (AvgIpc) is 1.77. The molecular weight excluding hydrogens is 84.1 g/mol. The van der Waals surface area contributed by atoms with Crippen LogP contribution in [0.15, 0.2) is 0 Å². The average molecular weight is 101 g/mol. The van der Waals surface area contributed by atoms with E-state index in [0.29, 0.717) is 12.8 Å². The Morgan fingerprint density at radius 1 is 1.57 bits per heavy atom. The molecular formula is C7H14. The monoisotopic (exact) mass is 101 g/mol. The van der Waals surface area contributed by atoms with Gasteiger partial charge in [0.15, 0.2) is 0 Å². The van der Waals surface area contributed by atoms with Gasteiger partial charge in [-0.1, -0.05) is 39.0 Å².